The molecule has 0 unspecified atom stereocenters. The Kier molecular flexibility index (Phi) is 10.8. The molecule has 0 saturated carbocycles. The maximum atomic E-state index is 5.94. The molecule has 0 saturated heterocycles. The van der Waals surface area contributed by atoms with E-state index in [4.69, 9.17) is 19.4 Å². The van der Waals surface area contributed by atoms with Crippen LogP contribution in [0.25, 0.3) is 11.1 Å². The normalized spacial score (nSPS) is 12.3. The Hall–Kier alpha value is -2.10. The Labute approximate surface area is 195 Å². The number of unbranched alkanes of at least 4 members (excludes halogenated alkanes) is 10. The van der Waals surface area contributed by atoms with E-state index in [0.717, 1.165) is 62.0 Å². The summed E-state index contributed by atoms with van der Waals surface area (Å²) in [5, 5.41) is 0. The second-order valence-corrected chi connectivity index (χ2v) is 9.02. The maximum absolute atomic E-state index is 5.94. The van der Waals surface area contributed by atoms with Gasteiger partial charge in [-0.2, -0.15) is 0 Å². The standard InChI is InChI=1S/C28H42N2O2/c1-3-5-7-9-10-12-14-22-32-28-20-16-24-23-15-19-27(31-21-13-11-8-6-4-2)29-25(23)17-18-26(24)30-28/h15-16,19-20H,3-14,17-18,21-22H2,1-2H3. The fourth-order valence-corrected chi connectivity index (χ4v) is 4.35. The highest BCUT2D eigenvalue weighted by Gasteiger charge is 2.19. The molecular formula is C28H42N2O2. The molecule has 3 rings (SSSR count). The van der Waals surface area contributed by atoms with Crippen molar-refractivity contribution in [2.24, 2.45) is 0 Å². The van der Waals surface area contributed by atoms with E-state index in [1.54, 1.807) is 0 Å². The van der Waals surface area contributed by atoms with Gasteiger partial charge >= 0.3 is 0 Å². The van der Waals surface area contributed by atoms with Gasteiger partial charge in [0.05, 0.1) is 24.6 Å². The summed E-state index contributed by atoms with van der Waals surface area (Å²) in [6.07, 6.45) is 17.1. The zero-order valence-electron chi connectivity index (χ0n) is 20.3. The lowest BCUT2D eigenvalue weighted by atomic mass is 9.92. The Morgan fingerprint density at radius 3 is 1.41 bits per heavy atom. The Morgan fingerprint density at radius 1 is 0.562 bits per heavy atom. The first-order valence-electron chi connectivity index (χ1n) is 13.1. The number of hydrogen-bond acceptors (Lipinski definition) is 4. The second-order valence-electron chi connectivity index (χ2n) is 9.02. The number of ether oxygens (including phenoxy) is 2. The van der Waals surface area contributed by atoms with Crippen molar-refractivity contribution in [2.45, 2.75) is 104 Å². The van der Waals surface area contributed by atoms with E-state index in [2.05, 4.69) is 26.0 Å². The van der Waals surface area contributed by atoms with Gasteiger partial charge in [0.1, 0.15) is 0 Å². The summed E-state index contributed by atoms with van der Waals surface area (Å²) in [7, 11) is 0. The molecule has 0 bridgehead atoms. The SMILES string of the molecule is CCCCCCCCCOc1ccc2c(n1)CCc1nc(OCCCCCCC)ccc1-2. The van der Waals surface area contributed by atoms with Gasteiger partial charge in [0.25, 0.3) is 0 Å². The number of aryl methyl sites for hydroxylation is 2. The first kappa shape index (κ1) is 24.5. The van der Waals surface area contributed by atoms with E-state index in [0.29, 0.717) is 0 Å². The molecule has 4 nitrogen and oxygen atoms in total. The van der Waals surface area contributed by atoms with Crippen LogP contribution in [0.4, 0.5) is 0 Å². The number of aromatic nitrogens is 2. The van der Waals surface area contributed by atoms with Crippen LogP contribution in [0.5, 0.6) is 11.8 Å². The third-order valence-corrected chi connectivity index (χ3v) is 6.28. The zero-order valence-corrected chi connectivity index (χ0v) is 20.3. The molecule has 4 heteroatoms. The third kappa shape index (κ3) is 7.79. The van der Waals surface area contributed by atoms with E-state index >= 15 is 0 Å². The van der Waals surface area contributed by atoms with Crippen molar-refractivity contribution in [3.8, 4) is 22.9 Å². The molecule has 0 N–H and O–H groups in total. The van der Waals surface area contributed by atoms with Gasteiger partial charge in [-0.1, -0.05) is 78.1 Å². The monoisotopic (exact) mass is 438 g/mol. The topological polar surface area (TPSA) is 44.2 Å². The largest absolute Gasteiger partial charge is 0.478 e. The van der Waals surface area contributed by atoms with Gasteiger partial charge in [0.2, 0.25) is 11.8 Å². The predicted molar refractivity (Wildman–Crippen MR) is 133 cm³/mol. The summed E-state index contributed by atoms with van der Waals surface area (Å²) in [5.74, 6) is 1.51. The van der Waals surface area contributed by atoms with Crippen molar-refractivity contribution in [2.75, 3.05) is 13.2 Å². The molecule has 1 aliphatic rings. The first-order valence-corrected chi connectivity index (χ1v) is 13.1. The van der Waals surface area contributed by atoms with E-state index in [-0.39, 0.29) is 0 Å². The van der Waals surface area contributed by atoms with Crippen LogP contribution in [0.1, 0.15) is 102 Å². The lowest BCUT2D eigenvalue weighted by Crippen LogP contribution is -2.10. The first-order chi connectivity index (χ1) is 15.8. The predicted octanol–water partition coefficient (Wildman–Crippen LogP) is 7.72. The van der Waals surface area contributed by atoms with E-state index in [9.17, 15) is 0 Å². The van der Waals surface area contributed by atoms with E-state index in [1.165, 1.54) is 75.3 Å². The molecule has 0 aliphatic heterocycles. The van der Waals surface area contributed by atoms with Crippen LogP contribution < -0.4 is 9.47 Å². The molecule has 0 aromatic carbocycles. The molecule has 0 atom stereocenters. The van der Waals surface area contributed by atoms with Gasteiger partial charge < -0.3 is 9.47 Å². The summed E-state index contributed by atoms with van der Waals surface area (Å²) >= 11 is 0. The molecule has 0 radical (unpaired) electrons. The van der Waals surface area contributed by atoms with Gasteiger partial charge in [-0.05, 0) is 37.8 Å². The van der Waals surface area contributed by atoms with Crippen LogP contribution in [0.3, 0.4) is 0 Å². The Bertz CT molecular complexity index is 806. The molecule has 176 valence electrons. The average molecular weight is 439 g/mol. The Balaban J connectivity index is 1.45. The molecule has 0 amide bonds. The molecule has 2 aromatic heterocycles. The minimum atomic E-state index is 0.755. The highest BCUT2D eigenvalue weighted by Crippen LogP contribution is 2.34. The lowest BCUT2D eigenvalue weighted by molar-refractivity contribution is 0.291. The highest BCUT2D eigenvalue weighted by molar-refractivity contribution is 5.71. The molecule has 0 fully saturated rings. The van der Waals surface area contributed by atoms with Crippen LogP contribution in [-0.2, 0) is 12.8 Å². The maximum Gasteiger partial charge on any atom is 0.213 e. The molecule has 1 aliphatic carbocycles. The summed E-state index contributed by atoms with van der Waals surface area (Å²) in [4.78, 5) is 9.58. The minimum Gasteiger partial charge on any atom is -0.478 e. The molecule has 0 spiro atoms. The summed E-state index contributed by atoms with van der Waals surface area (Å²) in [6, 6.07) is 8.31. The van der Waals surface area contributed by atoms with Gasteiger partial charge in [0.15, 0.2) is 0 Å². The van der Waals surface area contributed by atoms with Gasteiger partial charge in [-0.3, -0.25) is 0 Å². The number of hydrogen-bond donors (Lipinski definition) is 0. The van der Waals surface area contributed by atoms with Gasteiger partial charge in [0, 0.05) is 23.3 Å². The number of fused-ring (bicyclic) bond motifs is 3. The van der Waals surface area contributed by atoms with Crippen LogP contribution in [-0.4, -0.2) is 23.2 Å². The molecule has 2 aromatic rings. The van der Waals surface area contributed by atoms with Crippen LogP contribution in [0.15, 0.2) is 24.3 Å². The van der Waals surface area contributed by atoms with Gasteiger partial charge in [-0.25, -0.2) is 9.97 Å². The fraction of sp³-hybridized carbons (Fsp3) is 0.643. The van der Waals surface area contributed by atoms with Crippen molar-refractivity contribution in [1.82, 2.24) is 9.97 Å². The highest BCUT2D eigenvalue weighted by atomic mass is 16.5. The summed E-state index contributed by atoms with van der Waals surface area (Å²) < 4.78 is 11.8. The van der Waals surface area contributed by atoms with E-state index < -0.39 is 0 Å². The quantitative estimate of drug-likeness (QED) is 0.252. The number of nitrogens with zero attached hydrogens (tertiary/aromatic N) is 2. The third-order valence-electron chi connectivity index (χ3n) is 6.28. The second kappa shape index (κ2) is 14.1. The number of pyridine rings is 2. The minimum absolute atomic E-state index is 0.755. The average Bonchev–Trinajstić information content (AvgIpc) is 2.82. The molecule has 2 heterocycles. The Morgan fingerprint density at radius 2 is 0.969 bits per heavy atom. The van der Waals surface area contributed by atoms with Crippen LogP contribution in [0.2, 0.25) is 0 Å². The zero-order chi connectivity index (χ0) is 22.4. The lowest BCUT2D eigenvalue weighted by Gasteiger charge is -2.19. The van der Waals surface area contributed by atoms with Crippen LogP contribution >= 0.6 is 0 Å². The van der Waals surface area contributed by atoms with Crippen molar-refractivity contribution < 1.29 is 9.47 Å². The smallest absolute Gasteiger partial charge is 0.213 e. The molecular weight excluding hydrogens is 396 g/mol. The molecule has 32 heavy (non-hydrogen) atoms. The van der Waals surface area contributed by atoms with Crippen molar-refractivity contribution in [3.63, 3.8) is 0 Å². The van der Waals surface area contributed by atoms with E-state index in [1.807, 2.05) is 12.1 Å². The van der Waals surface area contributed by atoms with Crippen molar-refractivity contribution >= 4 is 0 Å². The fourth-order valence-electron chi connectivity index (χ4n) is 4.35. The van der Waals surface area contributed by atoms with Gasteiger partial charge in [-0.15, -0.1) is 0 Å². The number of rotatable bonds is 16. The summed E-state index contributed by atoms with van der Waals surface area (Å²) in [6.45, 7) is 6.02. The van der Waals surface area contributed by atoms with Crippen molar-refractivity contribution in [3.05, 3.63) is 35.7 Å². The summed E-state index contributed by atoms with van der Waals surface area (Å²) in [5.41, 5.74) is 4.63. The van der Waals surface area contributed by atoms with Crippen molar-refractivity contribution in [1.29, 1.82) is 0 Å². The van der Waals surface area contributed by atoms with Crippen LogP contribution in [0, 0.1) is 0 Å².